The highest BCUT2D eigenvalue weighted by Crippen LogP contribution is 2.20. The minimum absolute atomic E-state index is 0.184. The summed E-state index contributed by atoms with van der Waals surface area (Å²) in [6, 6.07) is 7.37. The molecule has 0 unspecified atom stereocenters. The summed E-state index contributed by atoms with van der Waals surface area (Å²) in [7, 11) is 1.63. The smallest absolute Gasteiger partial charge is 0.120 e. The molecule has 3 heteroatoms. The molecule has 0 saturated heterocycles. The van der Waals surface area contributed by atoms with Gasteiger partial charge in [0.05, 0.1) is 13.2 Å². The molecule has 0 aromatic heterocycles. The molecule has 0 aliphatic carbocycles. The van der Waals surface area contributed by atoms with Crippen molar-refractivity contribution in [2.45, 2.75) is 32.5 Å². The topological polar surface area (TPSA) is 38.7 Å². The van der Waals surface area contributed by atoms with Crippen LogP contribution in [-0.2, 0) is 0 Å². The minimum atomic E-state index is -0.383. The highest BCUT2D eigenvalue weighted by molar-refractivity contribution is 5.31. The lowest BCUT2D eigenvalue weighted by Gasteiger charge is -2.21. The Kier molecular flexibility index (Phi) is 5.72. The number of methoxy groups -OCH3 is 1. The van der Waals surface area contributed by atoms with E-state index in [9.17, 15) is 5.11 Å². The number of aliphatic hydroxyl groups excluding tert-OH is 1. The van der Waals surface area contributed by atoms with Gasteiger partial charge in [0.15, 0.2) is 0 Å². The van der Waals surface area contributed by atoms with Crippen LogP contribution in [0.3, 0.4) is 0 Å². The molecule has 0 fully saturated rings. The number of ether oxygens (including phenoxy) is 2. The number of benzene rings is 1. The Balaban J connectivity index is 2.59. The second kappa shape index (κ2) is 7.07. The molecule has 0 heterocycles. The predicted octanol–water partition coefficient (Wildman–Crippen LogP) is 3.04. The number of hydrogen-bond donors (Lipinski definition) is 1. The quantitative estimate of drug-likeness (QED) is 0.756. The molecule has 1 rings (SSSR count). The molecule has 0 saturated carbocycles. The van der Waals surface area contributed by atoms with E-state index in [0.29, 0.717) is 6.42 Å². The standard InChI is InChI=1S/C15H22O3/c1-5-12(10-15(16)11(2)3)18-14-8-6-13(17-4)7-9-14/h5-9,11-12,15-16H,1,10H2,2-4H3/t12-,15-/m1/s1. The molecule has 0 bridgehead atoms. The van der Waals surface area contributed by atoms with E-state index in [1.807, 2.05) is 38.1 Å². The van der Waals surface area contributed by atoms with Crippen molar-refractivity contribution >= 4 is 0 Å². The maximum absolute atomic E-state index is 9.84. The van der Waals surface area contributed by atoms with Gasteiger partial charge in [-0.1, -0.05) is 26.5 Å². The fraction of sp³-hybridized carbons (Fsp3) is 0.467. The maximum atomic E-state index is 9.84. The Morgan fingerprint density at radius 3 is 2.22 bits per heavy atom. The van der Waals surface area contributed by atoms with Crippen molar-refractivity contribution in [2.75, 3.05) is 7.11 Å². The summed E-state index contributed by atoms with van der Waals surface area (Å²) < 4.78 is 10.8. The second-order valence-electron chi connectivity index (χ2n) is 4.61. The van der Waals surface area contributed by atoms with E-state index in [1.165, 1.54) is 0 Å². The monoisotopic (exact) mass is 250 g/mol. The zero-order valence-corrected chi connectivity index (χ0v) is 11.3. The summed E-state index contributed by atoms with van der Waals surface area (Å²) in [5, 5.41) is 9.84. The molecule has 18 heavy (non-hydrogen) atoms. The van der Waals surface area contributed by atoms with Crippen molar-refractivity contribution in [1.82, 2.24) is 0 Å². The zero-order valence-electron chi connectivity index (χ0n) is 11.3. The van der Waals surface area contributed by atoms with E-state index in [1.54, 1.807) is 13.2 Å². The molecule has 1 aromatic rings. The molecule has 0 aliphatic heterocycles. The molecule has 1 aromatic carbocycles. The first kappa shape index (κ1) is 14.6. The van der Waals surface area contributed by atoms with Gasteiger partial charge in [0, 0.05) is 6.42 Å². The van der Waals surface area contributed by atoms with Crippen LogP contribution < -0.4 is 9.47 Å². The average Bonchev–Trinajstić information content (AvgIpc) is 2.38. The van der Waals surface area contributed by atoms with Crippen LogP contribution in [0.1, 0.15) is 20.3 Å². The molecular weight excluding hydrogens is 228 g/mol. The van der Waals surface area contributed by atoms with Crippen LogP contribution >= 0.6 is 0 Å². The van der Waals surface area contributed by atoms with Gasteiger partial charge in [0.1, 0.15) is 17.6 Å². The summed E-state index contributed by atoms with van der Waals surface area (Å²) in [5.41, 5.74) is 0. The molecule has 100 valence electrons. The van der Waals surface area contributed by atoms with Crippen LogP contribution in [0.5, 0.6) is 11.5 Å². The normalized spacial score (nSPS) is 14.1. The van der Waals surface area contributed by atoms with Gasteiger partial charge in [-0.25, -0.2) is 0 Å². The molecule has 3 nitrogen and oxygen atoms in total. The van der Waals surface area contributed by atoms with Gasteiger partial charge in [0.2, 0.25) is 0 Å². The third kappa shape index (κ3) is 4.41. The highest BCUT2D eigenvalue weighted by atomic mass is 16.5. The van der Waals surface area contributed by atoms with E-state index >= 15 is 0 Å². The van der Waals surface area contributed by atoms with Gasteiger partial charge < -0.3 is 14.6 Å². The van der Waals surface area contributed by atoms with Crippen molar-refractivity contribution in [2.24, 2.45) is 5.92 Å². The van der Waals surface area contributed by atoms with Gasteiger partial charge >= 0.3 is 0 Å². The lowest BCUT2D eigenvalue weighted by Crippen LogP contribution is -2.25. The van der Waals surface area contributed by atoms with Gasteiger partial charge in [-0.15, -0.1) is 0 Å². The molecule has 1 N–H and O–H groups in total. The predicted molar refractivity (Wildman–Crippen MR) is 73.1 cm³/mol. The Labute approximate surface area is 109 Å². The van der Waals surface area contributed by atoms with Crippen molar-refractivity contribution in [3.05, 3.63) is 36.9 Å². The van der Waals surface area contributed by atoms with Crippen molar-refractivity contribution in [1.29, 1.82) is 0 Å². The summed E-state index contributed by atoms with van der Waals surface area (Å²) >= 11 is 0. The van der Waals surface area contributed by atoms with Crippen LogP contribution in [0.15, 0.2) is 36.9 Å². The van der Waals surface area contributed by atoms with Gasteiger partial charge in [0.25, 0.3) is 0 Å². The summed E-state index contributed by atoms with van der Waals surface area (Å²) in [4.78, 5) is 0. The van der Waals surface area contributed by atoms with E-state index in [0.717, 1.165) is 11.5 Å². The number of hydrogen-bond acceptors (Lipinski definition) is 3. The Hall–Kier alpha value is -1.48. The largest absolute Gasteiger partial charge is 0.497 e. The van der Waals surface area contributed by atoms with Crippen LogP contribution in [0.25, 0.3) is 0 Å². The third-order valence-electron chi connectivity index (χ3n) is 2.85. The van der Waals surface area contributed by atoms with Gasteiger partial charge in [-0.2, -0.15) is 0 Å². The van der Waals surface area contributed by atoms with E-state index in [-0.39, 0.29) is 18.1 Å². The van der Waals surface area contributed by atoms with Crippen molar-refractivity contribution in [3.63, 3.8) is 0 Å². The fourth-order valence-electron chi connectivity index (χ4n) is 1.53. The van der Waals surface area contributed by atoms with E-state index in [2.05, 4.69) is 6.58 Å². The number of rotatable bonds is 7. The molecule has 0 spiro atoms. The Morgan fingerprint density at radius 2 is 1.78 bits per heavy atom. The van der Waals surface area contributed by atoms with E-state index in [4.69, 9.17) is 9.47 Å². The second-order valence-corrected chi connectivity index (χ2v) is 4.61. The van der Waals surface area contributed by atoms with Crippen molar-refractivity contribution in [3.8, 4) is 11.5 Å². The first-order valence-corrected chi connectivity index (χ1v) is 6.18. The number of aliphatic hydroxyl groups is 1. The van der Waals surface area contributed by atoms with Crippen molar-refractivity contribution < 1.29 is 14.6 Å². The van der Waals surface area contributed by atoms with Gasteiger partial charge in [-0.05, 0) is 30.2 Å². The molecule has 0 amide bonds. The molecule has 2 atom stereocenters. The Bertz CT molecular complexity index is 357. The van der Waals surface area contributed by atoms with E-state index < -0.39 is 0 Å². The molecule has 0 radical (unpaired) electrons. The van der Waals surface area contributed by atoms with Crippen LogP contribution in [0, 0.1) is 5.92 Å². The third-order valence-corrected chi connectivity index (χ3v) is 2.85. The summed E-state index contributed by atoms with van der Waals surface area (Å²) in [6.07, 6.45) is 1.70. The highest BCUT2D eigenvalue weighted by Gasteiger charge is 2.16. The zero-order chi connectivity index (χ0) is 13.5. The Morgan fingerprint density at radius 1 is 1.22 bits per heavy atom. The van der Waals surface area contributed by atoms with Crippen LogP contribution in [0.4, 0.5) is 0 Å². The SMILES string of the molecule is C=C[C@H](C[C@@H](O)C(C)C)Oc1ccc(OC)cc1. The molecular formula is C15H22O3. The lowest BCUT2D eigenvalue weighted by molar-refractivity contribution is 0.0793. The van der Waals surface area contributed by atoms with Crippen LogP contribution in [-0.4, -0.2) is 24.4 Å². The average molecular weight is 250 g/mol. The summed E-state index contributed by atoms with van der Waals surface area (Å²) in [5.74, 6) is 1.75. The first-order valence-electron chi connectivity index (χ1n) is 6.18. The van der Waals surface area contributed by atoms with Crippen LogP contribution in [0.2, 0.25) is 0 Å². The van der Waals surface area contributed by atoms with Gasteiger partial charge in [-0.3, -0.25) is 0 Å². The maximum Gasteiger partial charge on any atom is 0.120 e. The lowest BCUT2D eigenvalue weighted by atomic mass is 10.0. The molecule has 0 aliphatic rings. The first-order chi connectivity index (χ1) is 8.56. The minimum Gasteiger partial charge on any atom is -0.497 e. The fourth-order valence-corrected chi connectivity index (χ4v) is 1.53. The summed E-state index contributed by atoms with van der Waals surface area (Å²) in [6.45, 7) is 7.71.